The van der Waals surface area contributed by atoms with Gasteiger partial charge in [-0.05, 0) is 36.4 Å². The van der Waals surface area contributed by atoms with Crippen LogP contribution in [-0.4, -0.2) is 50.4 Å². The standard InChI is InChI=1S/C20H26N2O2/c1-2-6-19-18(5-1)16(14-22-10-12-23-13-11-22)7-8-20(19)24-15-17-4-3-9-21-17/h1-2,5-8,17,21H,3-4,9-15H2/t17-/m1/s1. The third-order valence-electron chi connectivity index (χ3n) is 5.07. The van der Waals surface area contributed by atoms with Gasteiger partial charge in [0, 0.05) is 31.1 Å². The molecule has 1 atom stereocenters. The summed E-state index contributed by atoms with van der Waals surface area (Å²) >= 11 is 0. The first kappa shape index (κ1) is 15.9. The average molecular weight is 326 g/mol. The smallest absolute Gasteiger partial charge is 0.127 e. The summed E-state index contributed by atoms with van der Waals surface area (Å²) in [5.41, 5.74) is 1.37. The van der Waals surface area contributed by atoms with Crippen molar-refractivity contribution in [3.63, 3.8) is 0 Å². The molecule has 2 aliphatic heterocycles. The van der Waals surface area contributed by atoms with Crippen molar-refractivity contribution in [2.24, 2.45) is 0 Å². The van der Waals surface area contributed by atoms with Gasteiger partial charge in [-0.1, -0.05) is 30.3 Å². The van der Waals surface area contributed by atoms with Gasteiger partial charge in [-0.3, -0.25) is 4.90 Å². The Labute approximate surface area is 143 Å². The van der Waals surface area contributed by atoms with Crippen molar-refractivity contribution >= 4 is 10.8 Å². The van der Waals surface area contributed by atoms with E-state index in [-0.39, 0.29) is 0 Å². The van der Waals surface area contributed by atoms with E-state index in [0.717, 1.165) is 51.7 Å². The first-order valence-corrected chi connectivity index (χ1v) is 9.07. The van der Waals surface area contributed by atoms with Gasteiger partial charge in [-0.2, -0.15) is 0 Å². The van der Waals surface area contributed by atoms with Crippen molar-refractivity contribution < 1.29 is 9.47 Å². The Hall–Kier alpha value is -1.62. The van der Waals surface area contributed by atoms with E-state index in [4.69, 9.17) is 9.47 Å². The van der Waals surface area contributed by atoms with Crippen molar-refractivity contribution in [2.75, 3.05) is 39.5 Å². The van der Waals surface area contributed by atoms with Gasteiger partial charge < -0.3 is 14.8 Å². The van der Waals surface area contributed by atoms with Gasteiger partial charge in [0.25, 0.3) is 0 Å². The van der Waals surface area contributed by atoms with Crippen molar-refractivity contribution in [1.82, 2.24) is 10.2 Å². The lowest BCUT2D eigenvalue weighted by Gasteiger charge is -2.27. The highest BCUT2D eigenvalue weighted by Crippen LogP contribution is 2.30. The molecule has 2 aliphatic rings. The number of ether oxygens (including phenoxy) is 2. The van der Waals surface area contributed by atoms with E-state index in [1.807, 2.05) is 0 Å². The molecular weight excluding hydrogens is 300 g/mol. The summed E-state index contributed by atoms with van der Waals surface area (Å²) in [5.74, 6) is 1.00. The van der Waals surface area contributed by atoms with E-state index in [0.29, 0.717) is 6.04 Å². The molecule has 2 heterocycles. The summed E-state index contributed by atoms with van der Waals surface area (Å²) in [6, 6.07) is 13.5. The van der Waals surface area contributed by atoms with Gasteiger partial charge >= 0.3 is 0 Å². The van der Waals surface area contributed by atoms with E-state index in [1.54, 1.807) is 0 Å². The second-order valence-electron chi connectivity index (χ2n) is 6.76. The summed E-state index contributed by atoms with van der Waals surface area (Å²) in [7, 11) is 0. The van der Waals surface area contributed by atoms with Gasteiger partial charge in [-0.15, -0.1) is 0 Å². The summed E-state index contributed by atoms with van der Waals surface area (Å²) in [6.07, 6.45) is 2.47. The van der Waals surface area contributed by atoms with Gasteiger partial charge in [0.05, 0.1) is 13.2 Å². The fourth-order valence-corrected chi connectivity index (χ4v) is 3.69. The average Bonchev–Trinajstić information content (AvgIpc) is 3.15. The number of fused-ring (bicyclic) bond motifs is 1. The lowest BCUT2D eigenvalue weighted by atomic mass is 10.0. The molecule has 0 aliphatic carbocycles. The number of rotatable bonds is 5. The number of benzene rings is 2. The molecule has 1 N–H and O–H groups in total. The second-order valence-corrected chi connectivity index (χ2v) is 6.76. The van der Waals surface area contributed by atoms with Crippen LogP contribution in [-0.2, 0) is 11.3 Å². The highest BCUT2D eigenvalue weighted by atomic mass is 16.5. The second kappa shape index (κ2) is 7.51. The Bertz CT molecular complexity index is 676. The summed E-state index contributed by atoms with van der Waals surface area (Å²) in [5, 5.41) is 6.03. The minimum atomic E-state index is 0.497. The molecule has 0 aromatic heterocycles. The molecule has 0 saturated carbocycles. The summed E-state index contributed by atoms with van der Waals surface area (Å²) < 4.78 is 11.6. The topological polar surface area (TPSA) is 33.7 Å². The van der Waals surface area contributed by atoms with E-state index in [1.165, 1.54) is 29.2 Å². The third-order valence-corrected chi connectivity index (χ3v) is 5.07. The highest BCUT2D eigenvalue weighted by Gasteiger charge is 2.16. The molecule has 128 valence electrons. The van der Waals surface area contributed by atoms with Crippen LogP contribution < -0.4 is 10.1 Å². The zero-order valence-corrected chi connectivity index (χ0v) is 14.2. The molecule has 0 spiro atoms. The molecule has 4 rings (SSSR count). The number of hydrogen-bond donors (Lipinski definition) is 1. The summed E-state index contributed by atoms with van der Waals surface area (Å²) in [4.78, 5) is 2.47. The SMILES string of the molecule is c1ccc2c(OC[C@H]3CCCN3)ccc(CN3CCOCC3)c2c1. The van der Waals surface area contributed by atoms with E-state index in [9.17, 15) is 0 Å². The van der Waals surface area contributed by atoms with E-state index < -0.39 is 0 Å². The van der Waals surface area contributed by atoms with Crippen LogP contribution in [0, 0.1) is 0 Å². The Morgan fingerprint density at radius 3 is 2.71 bits per heavy atom. The largest absolute Gasteiger partial charge is 0.491 e. The molecule has 0 bridgehead atoms. The van der Waals surface area contributed by atoms with Crippen molar-refractivity contribution in [2.45, 2.75) is 25.4 Å². The molecule has 0 unspecified atom stereocenters. The van der Waals surface area contributed by atoms with Crippen molar-refractivity contribution in [3.05, 3.63) is 42.0 Å². The predicted molar refractivity (Wildman–Crippen MR) is 96.6 cm³/mol. The van der Waals surface area contributed by atoms with Crippen LogP contribution in [0.25, 0.3) is 10.8 Å². The Balaban J connectivity index is 1.54. The van der Waals surface area contributed by atoms with Crippen LogP contribution >= 0.6 is 0 Å². The fourth-order valence-electron chi connectivity index (χ4n) is 3.69. The number of hydrogen-bond acceptors (Lipinski definition) is 4. The van der Waals surface area contributed by atoms with Crippen LogP contribution in [0.4, 0.5) is 0 Å². The highest BCUT2D eigenvalue weighted by molar-refractivity contribution is 5.91. The number of nitrogens with zero attached hydrogens (tertiary/aromatic N) is 1. The zero-order valence-electron chi connectivity index (χ0n) is 14.2. The van der Waals surface area contributed by atoms with Crippen molar-refractivity contribution in [3.8, 4) is 5.75 Å². The molecule has 0 radical (unpaired) electrons. The Kier molecular flexibility index (Phi) is 4.97. The molecule has 0 amide bonds. The molecule has 24 heavy (non-hydrogen) atoms. The quantitative estimate of drug-likeness (QED) is 0.916. The lowest BCUT2D eigenvalue weighted by Crippen LogP contribution is -2.35. The third kappa shape index (κ3) is 3.56. The fraction of sp³-hybridized carbons (Fsp3) is 0.500. The lowest BCUT2D eigenvalue weighted by molar-refractivity contribution is 0.0343. The first-order chi connectivity index (χ1) is 11.9. The molecule has 2 aromatic carbocycles. The minimum Gasteiger partial charge on any atom is -0.491 e. The van der Waals surface area contributed by atoms with Gasteiger partial charge in [0.15, 0.2) is 0 Å². The van der Waals surface area contributed by atoms with E-state index in [2.05, 4.69) is 46.6 Å². The summed E-state index contributed by atoms with van der Waals surface area (Å²) in [6.45, 7) is 6.56. The molecule has 4 heteroatoms. The van der Waals surface area contributed by atoms with E-state index >= 15 is 0 Å². The van der Waals surface area contributed by atoms with Crippen LogP contribution in [0.2, 0.25) is 0 Å². The van der Waals surface area contributed by atoms with Crippen LogP contribution in [0.1, 0.15) is 18.4 Å². The zero-order chi connectivity index (χ0) is 16.2. The van der Waals surface area contributed by atoms with Gasteiger partial charge in [0.2, 0.25) is 0 Å². The molecular formula is C20H26N2O2. The normalized spacial score (nSPS) is 22.1. The van der Waals surface area contributed by atoms with Crippen LogP contribution in [0.5, 0.6) is 5.75 Å². The first-order valence-electron chi connectivity index (χ1n) is 9.07. The molecule has 4 nitrogen and oxygen atoms in total. The molecule has 2 fully saturated rings. The Morgan fingerprint density at radius 2 is 1.92 bits per heavy atom. The Morgan fingerprint density at radius 1 is 1.08 bits per heavy atom. The minimum absolute atomic E-state index is 0.497. The maximum absolute atomic E-state index is 6.15. The predicted octanol–water partition coefficient (Wildman–Crippen LogP) is 2.80. The van der Waals surface area contributed by atoms with Crippen molar-refractivity contribution in [1.29, 1.82) is 0 Å². The van der Waals surface area contributed by atoms with Gasteiger partial charge in [0.1, 0.15) is 12.4 Å². The van der Waals surface area contributed by atoms with Gasteiger partial charge in [-0.25, -0.2) is 0 Å². The maximum atomic E-state index is 6.15. The van der Waals surface area contributed by atoms with Crippen LogP contribution in [0.15, 0.2) is 36.4 Å². The molecule has 2 aromatic rings. The van der Waals surface area contributed by atoms with Crippen LogP contribution in [0.3, 0.4) is 0 Å². The molecule has 2 saturated heterocycles. The number of nitrogens with one attached hydrogen (secondary N) is 1. The maximum Gasteiger partial charge on any atom is 0.127 e. The monoisotopic (exact) mass is 326 g/mol. The number of morpholine rings is 1.